The van der Waals surface area contributed by atoms with Gasteiger partial charge in [-0.25, -0.2) is 13.4 Å². The van der Waals surface area contributed by atoms with Crippen molar-refractivity contribution in [3.63, 3.8) is 0 Å². The maximum atomic E-state index is 13.0. The summed E-state index contributed by atoms with van der Waals surface area (Å²) in [6.45, 7) is 0.284. The number of benzene rings is 2. The molecule has 0 bridgehead atoms. The van der Waals surface area contributed by atoms with Gasteiger partial charge in [0.25, 0.3) is 0 Å². The molecule has 0 spiro atoms. The molecule has 27 heavy (non-hydrogen) atoms. The summed E-state index contributed by atoms with van der Waals surface area (Å²) in [4.78, 5) is 11.2. The third kappa shape index (κ3) is 3.11. The molecule has 0 radical (unpaired) electrons. The van der Waals surface area contributed by atoms with Crippen molar-refractivity contribution in [3.8, 4) is 5.88 Å². The van der Waals surface area contributed by atoms with Crippen molar-refractivity contribution < 1.29 is 13.2 Å². The normalized spacial score (nSPS) is 11.6. The molecule has 0 amide bonds. The van der Waals surface area contributed by atoms with E-state index in [1.165, 1.54) is 18.5 Å². The fourth-order valence-corrected chi connectivity index (χ4v) is 4.30. The van der Waals surface area contributed by atoms with Gasteiger partial charge in [-0.15, -0.1) is 0 Å². The van der Waals surface area contributed by atoms with Gasteiger partial charge in [-0.05, 0) is 17.7 Å². The lowest BCUT2D eigenvalue weighted by molar-refractivity contribution is 0.297. The van der Waals surface area contributed by atoms with E-state index in [2.05, 4.69) is 15.0 Å². The number of nitrogens with one attached hydrogen (secondary N) is 1. The van der Waals surface area contributed by atoms with E-state index in [4.69, 9.17) is 10.5 Å². The molecule has 4 rings (SSSR count). The third-order valence-corrected chi connectivity index (χ3v) is 5.92. The Morgan fingerprint density at radius 3 is 2.33 bits per heavy atom. The summed E-state index contributed by atoms with van der Waals surface area (Å²) in [6, 6.07) is 17.7. The number of ether oxygens (including phenoxy) is 1. The molecule has 2 aromatic carbocycles. The predicted molar refractivity (Wildman–Crippen MR) is 101 cm³/mol. The van der Waals surface area contributed by atoms with Crippen LogP contribution in [-0.2, 0) is 16.4 Å². The molecule has 2 aromatic heterocycles. The van der Waals surface area contributed by atoms with Crippen molar-refractivity contribution in [3.05, 3.63) is 72.6 Å². The first-order valence-electron chi connectivity index (χ1n) is 8.16. The van der Waals surface area contributed by atoms with Crippen molar-refractivity contribution >= 4 is 26.7 Å². The Kier molecular flexibility index (Phi) is 4.25. The molecule has 0 aliphatic rings. The standard InChI is InChI=1S/C19H16N4O3S/c20-18-17(27(24,25)14-9-5-2-6-10-14)15-16(23-18)19(22-12-21-15)26-11-13-7-3-1-4-8-13/h1-10,12,23H,11,20H2. The number of sulfone groups is 1. The van der Waals surface area contributed by atoms with Crippen LogP contribution in [0.1, 0.15) is 5.56 Å². The first-order chi connectivity index (χ1) is 13.1. The van der Waals surface area contributed by atoms with Gasteiger partial charge in [0.2, 0.25) is 15.7 Å². The summed E-state index contributed by atoms with van der Waals surface area (Å²) in [5.74, 6) is 0.240. The van der Waals surface area contributed by atoms with E-state index in [0.717, 1.165) is 5.56 Å². The fraction of sp³-hybridized carbons (Fsp3) is 0.0526. The van der Waals surface area contributed by atoms with Crippen LogP contribution in [-0.4, -0.2) is 23.4 Å². The van der Waals surface area contributed by atoms with Crippen molar-refractivity contribution in [2.45, 2.75) is 16.4 Å². The number of hydrogen-bond donors (Lipinski definition) is 2. The van der Waals surface area contributed by atoms with E-state index < -0.39 is 9.84 Å². The number of aromatic nitrogens is 3. The number of fused-ring (bicyclic) bond motifs is 1. The van der Waals surface area contributed by atoms with Crippen LogP contribution in [0.5, 0.6) is 5.88 Å². The monoisotopic (exact) mass is 380 g/mol. The van der Waals surface area contributed by atoms with E-state index >= 15 is 0 Å². The quantitative estimate of drug-likeness (QED) is 0.551. The van der Waals surface area contributed by atoms with Crippen LogP contribution in [0.4, 0.5) is 5.82 Å². The number of nitrogen functional groups attached to an aromatic ring is 1. The smallest absolute Gasteiger partial charge is 0.241 e. The average molecular weight is 380 g/mol. The van der Waals surface area contributed by atoms with Gasteiger partial charge in [-0.2, -0.15) is 4.98 Å². The zero-order chi connectivity index (χ0) is 18.9. The maximum Gasteiger partial charge on any atom is 0.241 e. The number of nitrogens with zero attached hydrogens (tertiary/aromatic N) is 2. The Labute approximate surface area is 155 Å². The summed E-state index contributed by atoms with van der Waals surface area (Å²) in [5, 5.41) is 0. The number of rotatable bonds is 5. The Hall–Kier alpha value is -3.39. The second-order valence-electron chi connectivity index (χ2n) is 5.86. The fourth-order valence-electron chi connectivity index (χ4n) is 2.80. The van der Waals surface area contributed by atoms with Crippen molar-refractivity contribution in [2.24, 2.45) is 0 Å². The first-order valence-corrected chi connectivity index (χ1v) is 9.64. The zero-order valence-electron chi connectivity index (χ0n) is 14.2. The molecule has 0 aliphatic carbocycles. The number of hydrogen-bond acceptors (Lipinski definition) is 6. The van der Waals surface area contributed by atoms with Crippen LogP contribution in [0.15, 0.2) is 76.8 Å². The summed E-state index contributed by atoms with van der Waals surface area (Å²) in [5.41, 5.74) is 7.50. The lowest BCUT2D eigenvalue weighted by Gasteiger charge is -2.06. The highest BCUT2D eigenvalue weighted by atomic mass is 32.2. The van der Waals surface area contributed by atoms with Crippen LogP contribution >= 0.6 is 0 Å². The van der Waals surface area contributed by atoms with Crippen molar-refractivity contribution in [1.82, 2.24) is 15.0 Å². The SMILES string of the molecule is Nc1[nH]c2c(OCc3ccccc3)ncnc2c1S(=O)(=O)c1ccccc1. The average Bonchev–Trinajstić information content (AvgIpc) is 3.05. The molecule has 0 saturated heterocycles. The molecule has 4 aromatic rings. The first kappa shape index (κ1) is 17.0. The van der Waals surface area contributed by atoms with Crippen LogP contribution in [0.3, 0.4) is 0 Å². The highest BCUT2D eigenvalue weighted by molar-refractivity contribution is 7.92. The number of anilines is 1. The number of nitrogens with two attached hydrogens (primary N) is 1. The van der Waals surface area contributed by atoms with Gasteiger partial charge in [0, 0.05) is 0 Å². The summed E-state index contributed by atoms with van der Waals surface area (Å²) in [6.07, 6.45) is 1.26. The molecular weight excluding hydrogens is 364 g/mol. The minimum absolute atomic E-state index is 0.00101. The third-order valence-electron chi connectivity index (χ3n) is 4.07. The van der Waals surface area contributed by atoms with Crippen LogP contribution in [0.25, 0.3) is 11.0 Å². The Morgan fingerprint density at radius 2 is 1.63 bits per heavy atom. The van der Waals surface area contributed by atoms with Crippen LogP contribution < -0.4 is 10.5 Å². The largest absolute Gasteiger partial charge is 0.471 e. The van der Waals surface area contributed by atoms with E-state index in [0.29, 0.717) is 5.52 Å². The second kappa shape index (κ2) is 6.73. The predicted octanol–water partition coefficient (Wildman–Crippen LogP) is 2.95. The van der Waals surface area contributed by atoms with Gasteiger partial charge in [0.1, 0.15) is 34.7 Å². The highest BCUT2D eigenvalue weighted by Gasteiger charge is 2.27. The molecule has 0 unspecified atom stereocenters. The Bertz CT molecular complexity index is 1190. The molecule has 0 aliphatic heterocycles. The molecular formula is C19H16N4O3S. The lowest BCUT2D eigenvalue weighted by atomic mass is 10.2. The number of aromatic amines is 1. The Balaban J connectivity index is 1.77. The molecule has 8 heteroatoms. The van der Waals surface area contributed by atoms with E-state index in [1.54, 1.807) is 18.2 Å². The summed E-state index contributed by atoms with van der Waals surface area (Å²) >= 11 is 0. The van der Waals surface area contributed by atoms with Crippen molar-refractivity contribution in [2.75, 3.05) is 5.73 Å². The van der Waals surface area contributed by atoms with E-state index in [1.807, 2.05) is 30.3 Å². The molecule has 0 fully saturated rings. The molecule has 3 N–H and O–H groups in total. The van der Waals surface area contributed by atoms with Gasteiger partial charge in [0.05, 0.1) is 4.90 Å². The molecule has 0 saturated carbocycles. The Morgan fingerprint density at radius 1 is 0.963 bits per heavy atom. The molecule has 2 heterocycles. The van der Waals surface area contributed by atoms with Gasteiger partial charge in [-0.3, -0.25) is 0 Å². The minimum atomic E-state index is -3.84. The van der Waals surface area contributed by atoms with E-state index in [9.17, 15) is 8.42 Å². The van der Waals surface area contributed by atoms with Gasteiger partial charge in [0.15, 0.2) is 0 Å². The second-order valence-corrected chi connectivity index (χ2v) is 7.75. The van der Waals surface area contributed by atoms with Gasteiger partial charge < -0.3 is 15.5 Å². The van der Waals surface area contributed by atoms with Crippen LogP contribution in [0, 0.1) is 0 Å². The summed E-state index contributed by atoms with van der Waals surface area (Å²) in [7, 11) is -3.84. The van der Waals surface area contributed by atoms with E-state index in [-0.39, 0.29) is 33.6 Å². The highest BCUT2D eigenvalue weighted by Crippen LogP contribution is 2.34. The van der Waals surface area contributed by atoms with Crippen molar-refractivity contribution in [1.29, 1.82) is 0 Å². The molecule has 136 valence electrons. The lowest BCUT2D eigenvalue weighted by Crippen LogP contribution is -2.05. The van der Waals surface area contributed by atoms with Gasteiger partial charge >= 0.3 is 0 Å². The maximum absolute atomic E-state index is 13.0. The number of H-pyrrole nitrogens is 1. The summed E-state index contributed by atoms with van der Waals surface area (Å²) < 4.78 is 31.8. The molecule has 7 nitrogen and oxygen atoms in total. The molecule has 0 atom stereocenters. The van der Waals surface area contributed by atoms with Gasteiger partial charge in [-0.1, -0.05) is 48.5 Å². The van der Waals surface area contributed by atoms with Crippen LogP contribution in [0.2, 0.25) is 0 Å². The zero-order valence-corrected chi connectivity index (χ0v) is 15.0. The minimum Gasteiger partial charge on any atom is -0.471 e. The topological polar surface area (TPSA) is 111 Å².